The van der Waals surface area contributed by atoms with Gasteiger partial charge in [0.25, 0.3) is 0 Å². The molecule has 138 valence electrons. The highest BCUT2D eigenvalue weighted by Crippen LogP contribution is 2.39. The van der Waals surface area contributed by atoms with Crippen molar-refractivity contribution in [2.24, 2.45) is 4.99 Å². The SMILES string of the molecule is C1=Cc2ccccc2C(c2ccc(N=Cc3cccnc3)cc2)c2ccccc21. The molecule has 0 spiro atoms. The van der Waals surface area contributed by atoms with Gasteiger partial charge in [-0.3, -0.25) is 9.98 Å². The molecule has 1 heterocycles. The van der Waals surface area contributed by atoms with Crippen molar-refractivity contribution in [3.05, 3.63) is 131 Å². The molecule has 0 N–H and O–H groups in total. The lowest BCUT2D eigenvalue weighted by atomic mass is 9.82. The van der Waals surface area contributed by atoms with Gasteiger partial charge in [0.1, 0.15) is 0 Å². The lowest BCUT2D eigenvalue weighted by Gasteiger charge is -2.21. The van der Waals surface area contributed by atoms with E-state index in [4.69, 9.17) is 0 Å². The van der Waals surface area contributed by atoms with E-state index in [1.165, 1.54) is 27.8 Å². The zero-order valence-corrected chi connectivity index (χ0v) is 15.9. The number of rotatable bonds is 3. The molecule has 0 saturated heterocycles. The first-order valence-electron chi connectivity index (χ1n) is 9.78. The Balaban J connectivity index is 1.54. The predicted molar refractivity (Wildman–Crippen MR) is 121 cm³/mol. The van der Waals surface area contributed by atoms with Gasteiger partial charge in [0.05, 0.1) is 5.69 Å². The Labute approximate surface area is 170 Å². The molecule has 0 saturated carbocycles. The summed E-state index contributed by atoms with van der Waals surface area (Å²) in [6.07, 6.45) is 9.87. The highest BCUT2D eigenvalue weighted by Gasteiger charge is 2.22. The molecule has 0 radical (unpaired) electrons. The van der Waals surface area contributed by atoms with Crippen LogP contribution in [0.15, 0.2) is 102 Å². The van der Waals surface area contributed by atoms with Gasteiger partial charge in [0, 0.05) is 30.1 Å². The van der Waals surface area contributed by atoms with Gasteiger partial charge < -0.3 is 0 Å². The fourth-order valence-electron chi connectivity index (χ4n) is 3.91. The minimum Gasteiger partial charge on any atom is -0.264 e. The molecule has 29 heavy (non-hydrogen) atoms. The summed E-state index contributed by atoms with van der Waals surface area (Å²) in [6.45, 7) is 0. The minimum atomic E-state index is 0.203. The Morgan fingerprint density at radius 2 is 1.34 bits per heavy atom. The molecular weight excluding hydrogens is 352 g/mol. The lowest BCUT2D eigenvalue weighted by molar-refractivity contribution is 0.973. The molecule has 5 rings (SSSR count). The Bertz CT molecular complexity index is 1140. The fourth-order valence-corrected chi connectivity index (χ4v) is 3.91. The van der Waals surface area contributed by atoms with E-state index in [1.54, 1.807) is 6.20 Å². The van der Waals surface area contributed by atoms with Gasteiger partial charge in [-0.1, -0.05) is 78.9 Å². The van der Waals surface area contributed by atoms with E-state index in [0.717, 1.165) is 11.3 Å². The summed E-state index contributed by atoms with van der Waals surface area (Å²) in [5.74, 6) is 0.203. The predicted octanol–water partition coefficient (Wildman–Crippen LogP) is 6.50. The number of aliphatic imine (C=N–C) groups is 1. The summed E-state index contributed by atoms with van der Waals surface area (Å²) >= 11 is 0. The molecule has 0 aliphatic heterocycles. The molecule has 0 amide bonds. The number of aromatic nitrogens is 1. The Morgan fingerprint density at radius 3 is 1.97 bits per heavy atom. The number of nitrogens with zero attached hydrogens (tertiary/aromatic N) is 2. The van der Waals surface area contributed by atoms with E-state index in [1.807, 2.05) is 24.5 Å². The molecule has 0 unspecified atom stereocenters. The van der Waals surface area contributed by atoms with Crippen molar-refractivity contribution in [1.29, 1.82) is 0 Å². The highest BCUT2D eigenvalue weighted by molar-refractivity contribution is 5.81. The maximum Gasteiger partial charge on any atom is 0.0630 e. The maximum absolute atomic E-state index is 4.59. The second kappa shape index (κ2) is 7.69. The first-order valence-corrected chi connectivity index (χ1v) is 9.78. The monoisotopic (exact) mass is 372 g/mol. The molecule has 2 nitrogen and oxygen atoms in total. The summed E-state index contributed by atoms with van der Waals surface area (Å²) in [5.41, 5.74) is 8.41. The van der Waals surface area contributed by atoms with E-state index < -0.39 is 0 Å². The van der Waals surface area contributed by atoms with Gasteiger partial charge in [-0.05, 0) is 46.0 Å². The second-order valence-electron chi connectivity index (χ2n) is 7.16. The molecule has 4 aromatic rings. The summed E-state index contributed by atoms with van der Waals surface area (Å²) in [6, 6.07) is 29.8. The number of hydrogen-bond acceptors (Lipinski definition) is 2. The molecule has 1 aromatic heterocycles. The van der Waals surface area contributed by atoms with E-state index in [0.29, 0.717) is 0 Å². The van der Waals surface area contributed by atoms with Crippen LogP contribution in [-0.2, 0) is 0 Å². The molecule has 1 aliphatic carbocycles. The topological polar surface area (TPSA) is 25.2 Å². The molecule has 0 fully saturated rings. The summed E-state index contributed by atoms with van der Waals surface area (Å²) < 4.78 is 0. The maximum atomic E-state index is 4.59. The van der Waals surface area contributed by atoms with Crippen LogP contribution in [-0.4, -0.2) is 11.2 Å². The largest absolute Gasteiger partial charge is 0.264 e. The van der Waals surface area contributed by atoms with Crippen LogP contribution in [0, 0.1) is 0 Å². The van der Waals surface area contributed by atoms with Crippen molar-refractivity contribution >= 4 is 24.1 Å². The van der Waals surface area contributed by atoms with Gasteiger partial charge in [0.15, 0.2) is 0 Å². The van der Waals surface area contributed by atoms with Gasteiger partial charge in [0.2, 0.25) is 0 Å². The summed E-state index contributed by atoms with van der Waals surface area (Å²) in [7, 11) is 0. The molecule has 2 heteroatoms. The molecule has 0 atom stereocenters. The van der Waals surface area contributed by atoms with Crippen molar-refractivity contribution in [2.75, 3.05) is 0 Å². The zero-order valence-electron chi connectivity index (χ0n) is 15.9. The smallest absolute Gasteiger partial charge is 0.0630 e. The van der Waals surface area contributed by atoms with Crippen molar-refractivity contribution in [3.63, 3.8) is 0 Å². The fraction of sp³-hybridized carbons (Fsp3) is 0.0370. The lowest BCUT2D eigenvalue weighted by Crippen LogP contribution is -2.05. The van der Waals surface area contributed by atoms with Gasteiger partial charge in [-0.25, -0.2) is 0 Å². The zero-order chi connectivity index (χ0) is 19.5. The van der Waals surface area contributed by atoms with Crippen molar-refractivity contribution < 1.29 is 0 Å². The number of benzene rings is 3. The van der Waals surface area contributed by atoms with E-state index in [9.17, 15) is 0 Å². The van der Waals surface area contributed by atoms with Crippen LogP contribution >= 0.6 is 0 Å². The molecular formula is C27H20N2. The van der Waals surface area contributed by atoms with E-state index in [2.05, 4.69) is 94.9 Å². The number of hydrogen-bond donors (Lipinski definition) is 0. The molecule has 3 aromatic carbocycles. The second-order valence-corrected chi connectivity index (χ2v) is 7.16. The normalized spacial score (nSPS) is 13.1. The Hall–Kier alpha value is -3.78. The summed E-state index contributed by atoms with van der Waals surface area (Å²) in [4.78, 5) is 8.72. The Morgan fingerprint density at radius 1 is 0.690 bits per heavy atom. The van der Waals surface area contributed by atoms with Crippen LogP contribution in [0.4, 0.5) is 5.69 Å². The average molecular weight is 372 g/mol. The van der Waals surface area contributed by atoms with Crippen LogP contribution in [0.1, 0.15) is 39.3 Å². The van der Waals surface area contributed by atoms with Crippen LogP contribution in [0.25, 0.3) is 12.2 Å². The van der Waals surface area contributed by atoms with Gasteiger partial charge in [-0.2, -0.15) is 0 Å². The molecule has 1 aliphatic rings. The Kier molecular flexibility index (Phi) is 4.59. The minimum absolute atomic E-state index is 0.203. The molecule has 0 bridgehead atoms. The first kappa shape index (κ1) is 17.3. The van der Waals surface area contributed by atoms with Gasteiger partial charge >= 0.3 is 0 Å². The summed E-state index contributed by atoms with van der Waals surface area (Å²) in [5, 5.41) is 0. The van der Waals surface area contributed by atoms with Crippen molar-refractivity contribution in [3.8, 4) is 0 Å². The number of pyridine rings is 1. The van der Waals surface area contributed by atoms with Gasteiger partial charge in [-0.15, -0.1) is 0 Å². The standard InChI is InChI=1S/C27H20N2/c1-3-9-25-21(7-1)11-12-22-8-2-4-10-26(22)27(25)23-13-15-24(16-14-23)29-19-20-6-5-17-28-18-20/h1-19,27H. The van der Waals surface area contributed by atoms with Crippen LogP contribution < -0.4 is 0 Å². The highest BCUT2D eigenvalue weighted by atomic mass is 14.7. The van der Waals surface area contributed by atoms with Crippen LogP contribution in [0.5, 0.6) is 0 Å². The quantitative estimate of drug-likeness (QED) is 0.332. The van der Waals surface area contributed by atoms with E-state index >= 15 is 0 Å². The number of fused-ring (bicyclic) bond motifs is 2. The van der Waals surface area contributed by atoms with Crippen LogP contribution in [0.3, 0.4) is 0 Å². The average Bonchev–Trinajstić information content (AvgIpc) is 2.96. The third-order valence-corrected chi connectivity index (χ3v) is 5.33. The van der Waals surface area contributed by atoms with Crippen molar-refractivity contribution in [2.45, 2.75) is 5.92 Å². The van der Waals surface area contributed by atoms with Crippen LogP contribution in [0.2, 0.25) is 0 Å². The first-order chi connectivity index (χ1) is 14.4. The van der Waals surface area contributed by atoms with E-state index in [-0.39, 0.29) is 5.92 Å². The third-order valence-electron chi connectivity index (χ3n) is 5.33. The van der Waals surface area contributed by atoms with Crippen molar-refractivity contribution in [1.82, 2.24) is 4.98 Å². The third kappa shape index (κ3) is 3.53.